The van der Waals surface area contributed by atoms with Crippen LogP contribution in [0.15, 0.2) is 33.9 Å². The number of carbonyl (C=O) groups excluding carboxylic acids is 1. The number of H-pyrrole nitrogens is 1. The van der Waals surface area contributed by atoms with Crippen molar-refractivity contribution in [3.05, 3.63) is 45.0 Å². The summed E-state index contributed by atoms with van der Waals surface area (Å²) in [4.78, 5) is 36.6. The average molecular weight is 329 g/mol. The molecule has 2 N–H and O–H groups in total. The Bertz CT molecular complexity index is 852. The summed E-state index contributed by atoms with van der Waals surface area (Å²) in [7, 11) is 0. The largest absolute Gasteiger partial charge is 0.353 e. The van der Waals surface area contributed by atoms with E-state index in [4.69, 9.17) is 0 Å². The van der Waals surface area contributed by atoms with Crippen molar-refractivity contribution in [3.63, 3.8) is 0 Å². The zero-order chi connectivity index (χ0) is 17.1. The standard InChI is InChI=1S/C18H23N3O3/c1-12-6-2-5-9-15(12)19-16(22)10-11-21-18(24)14-8-4-3-7-13(14)17(23)20-21/h3-4,7-8,12,15H,2,5-6,9-11H2,1H3,(H,19,22)(H,20,23)/t12-,15+/m0/s1. The second-order valence-corrected chi connectivity index (χ2v) is 6.63. The predicted molar refractivity (Wildman–Crippen MR) is 93.0 cm³/mol. The minimum Gasteiger partial charge on any atom is -0.353 e. The molecule has 1 aliphatic rings. The van der Waals surface area contributed by atoms with Gasteiger partial charge in [-0.15, -0.1) is 0 Å². The van der Waals surface area contributed by atoms with Crippen molar-refractivity contribution in [2.24, 2.45) is 5.92 Å². The molecule has 0 unspecified atom stereocenters. The van der Waals surface area contributed by atoms with Gasteiger partial charge in [-0.2, -0.15) is 0 Å². The minimum absolute atomic E-state index is 0.0744. The van der Waals surface area contributed by atoms with Gasteiger partial charge in [0.2, 0.25) is 5.91 Å². The summed E-state index contributed by atoms with van der Waals surface area (Å²) in [5.41, 5.74) is -0.587. The van der Waals surface area contributed by atoms with E-state index >= 15 is 0 Å². The van der Waals surface area contributed by atoms with Crippen LogP contribution >= 0.6 is 0 Å². The van der Waals surface area contributed by atoms with Crippen molar-refractivity contribution < 1.29 is 4.79 Å². The normalized spacial score (nSPS) is 20.9. The first-order chi connectivity index (χ1) is 11.6. The number of carbonyl (C=O) groups is 1. The van der Waals surface area contributed by atoms with Crippen LogP contribution in [-0.2, 0) is 11.3 Å². The Balaban J connectivity index is 1.69. The van der Waals surface area contributed by atoms with Gasteiger partial charge in [0.25, 0.3) is 11.1 Å². The third-order valence-electron chi connectivity index (χ3n) is 4.90. The van der Waals surface area contributed by atoms with Crippen molar-refractivity contribution >= 4 is 16.7 Å². The van der Waals surface area contributed by atoms with Crippen LogP contribution < -0.4 is 16.4 Å². The van der Waals surface area contributed by atoms with Gasteiger partial charge in [0.1, 0.15) is 0 Å². The smallest absolute Gasteiger partial charge is 0.273 e. The third-order valence-corrected chi connectivity index (χ3v) is 4.90. The first-order valence-corrected chi connectivity index (χ1v) is 8.57. The van der Waals surface area contributed by atoms with E-state index in [0.29, 0.717) is 16.7 Å². The molecule has 1 amide bonds. The van der Waals surface area contributed by atoms with Gasteiger partial charge in [0.15, 0.2) is 0 Å². The number of benzene rings is 1. The highest BCUT2D eigenvalue weighted by Gasteiger charge is 2.22. The van der Waals surface area contributed by atoms with E-state index < -0.39 is 0 Å². The summed E-state index contributed by atoms with van der Waals surface area (Å²) in [6.45, 7) is 2.33. The van der Waals surface area contributed by atoms with Crippen molar-refractivity contribution in [1.29, 1.82) is 0 Å². The van der Waals surface area contributed by atoms with Gasteiger partial charge in [-0.25, -0.2) is 4.68 Å². The third kappa shape index (κ3) is 3.42. The van der Waals surface area contributed by atoms with Gasteiger partial charge in [0.05, 0.1) is 17.3 Å². The molecule has 1 saturated carbocycles. The second kappa shape index (κ2) is 7.03. The molecule has 1 aromatic carbocycles. The first-order valence-electron chi connectivity index (χ1n) is 8.57. The zero-order valence-corrected chi connectivity index (χ0v) is 13.9. The summed E-state index contributed by atoms with van der Waals surface area (Å²) in [5, 5.41) is 6.37. The predicted octanol–water partition coefficient (Wildman–Crippen LogP) is 1.77. The second-order valence-electron chi connectivity index (χ2n) is 6.63. The highest BCUT2D eigenvalue weighted by molar-refractivity contribution is 5.80. The van der Waals surface area contributed by atoms with Crippen molar-refractivity contribution in [3.8, 4) is 0 Å². The SMILES string of the molecule is C[C@H]1CCCC[C@H]1NC(=O)CCn1[nH]c(=O)c2ccccc2c1=O. The lowest BCUT2D eigenvalue weighted by atomic mass is 9.86. The number of rotatable bonds is 4. The Morgan fingerprint density at radius 3 is 2.67 bits per heavy atom. The fraction of sp³-hybridized carbons (Fsp3) is 0.500. The summed E-state index contributed by atoms with van der Waals surface area (Å²) in [6, 6.07) is 6.92. The summed E-state index contributed by atoms with van der Waals surface area (Å²) in [6.07, 6.45) is 4.70. The molecule has 0 aliphatic heterocycles. The topological polar surface area (TPSA) is 84.0 Å². The zero-order valence-electron chi connectivity index (χ0n) is 13.9. The van der Waals surface area contributed by atoms with E-state index in [9.17, 15) is 14.4 Å². The average Bonchev–Trinajstić information content (AvgIpc) is 2.59. The summed E-state index contributed by atoms with van der Waals surface area (Å²) >= 11 is 0. The molecule has 1 fully saturated rings. The van der Waals surface area contributed by atoms with Crippen LogP contribution in [0.3, 0.4) is 0 Å². The minimum atomic E-state index is -0.313. The highest BCUT2D eigenvalue weighted by Crippen LogP contribution is 2.23. The fourth-order valence-electron chi connectivity index (χ4n) is 3.43. The molecule has 1 heterocycles. The van der Waals surface area contributed by atoms with E-state index in [1.807, 2.05) is 0 Å². The number of hydrogen-bond donors (Lipinski definition) is 2. The Hall–Kier alpha value is -2.37. The van der Waals surface area contributed by atoms with Crippen LogP contribution in [-0.4, -0.2) is 21.7 Å². The van der Waals surface area contributed by atoms with E-state index in [1.165, 1.54) is 11.1 Å². The molecule has 0 spiro atoms. The summed E-state index contributed by atoms with van der Waals surface area (Å²) < 4.78 is 1.23. The molecular formula is C18H23N3O3. The van der Waals surface area contributed by atoms with Crippen molar-refractivity contribution in [2.75, 3.05) is 0 Å². The number of nitrogens with zero attached hydrogens (tertiary/aromatic N) is 1. The molecule has 3 rings (SSSR count). The first kappa shape index (κ1) is 16.5. The van der Waals surface area contributed by atoms with Gasteiger partial charge in [-0.05, 0) is 30.9 Å². The van der Waals surface area contributed by atoms with Gasteiger partial charge in [0, 0.05) is 12.5 Å². The molecule has 1 aliphatic carbocycles. The van der Waals surface area contributed by atoms with Crippen LogP contribution in [0.1, 0.15) is 39.0 Å². The van der Waals surface area contributed by atoms with E-state index in [1.54, 1.807) is 24.3 Å². The molecule has 1 aromatic heterocycles. The lowest BCUT2D eigenvalue weighted by molar-refractivity contribution is -0.122. The molecule has 0 bridgehead atoms. The van der Waals surface area contributed by atoms with Gasteiger partial charge in [-0.3, -0.25) is 19.5 Å². The molecule has 0 radical (unpaired) electrons. The number of aryl methyl sites for hydroxylation is 1. The molecule has 0 saturated heterocycles. The molecule has 6 nitrogen and oxygen atoms in total. The Kier molecular flexibility index (Phi) is 4.83. The highest BCUT2D eigenvalue weighted by atomic mass is 16.2. The Morgan fingerprint density at radius 1 is 1.21 bits per heavy atom. The van der Waals surface area contributed by atoms with E-state index in [-0.39, 0.29) is 36.0 Å². The van der Waals surface area contributed by atoms with E-state index in [2.05, 4.69) is 17.3 Å². The number of aromatic nitrogens is 2. The fourth-order valence-corrected chi connectivity index (χ4v) is 3.43. The maximum absolute atomic E-state index is 12.4. The number of hydrogen-bond acceptors (Lipinski definition) is 3. The molecule has 2 atom stereocenters. The van der Waals surface area contributed by atoms with E-state index in [0.717, 1.165) is 19.3 Å². The van der Waals surface area contributed by atoms with Crippen LogP contribution in [0, 0.1) is 5.92 Å². The van der Waals surface area contributed by atoms with Gasteiger partial charge < -0.3 is 5.32 Å². The molecular weight excluding hydrogens is 306 g/mol. The Labute approximate surface area is 139 Å². The molecule has 128 valence electrons. The lowest BCUT2D eigenvalue weighted by Crippen LogP contribution is -2.41. The molecule has 6 heteroatoms. The van der Waals surface area contributed by atoms with Crippen LogP contribution in [0.5, 0.6) is 0 Å². The van der Waals surface area contributed by atoms with Crippen molar-refractivity contribution in [2.45, 2.75) is 51.6 Å². The quantitative estimate of drug-likeness (QED) is 0.897. The number of aromatic amines is 1. The lowest BCUT2D eigenvalue weighted by Gasteiger charge is -2.29. The molecule has 24 heavy (non-hydrogen) atoms. The van der Waals surface area contributed by atoms with Gasteiger partial charge >= 0.3 is 0 Å². The maximum atomic E-state index is 12.4. The van der Waals surface area contributed by atoms with Crippen LogP contribution in [0.25, 0.3) is 10.8 Å². The van der Waals surface area contributed by atoms with Crippen molar-refractivity contribution in [1.82, 2.24) is 15.1 Å². The number of fused-ring (bicyclic) bond motifs is 1. The number of amides is 1. The molecule has 2 aromatic rings. The van der Waals surface area contributed by atoms with Gasteiger partial charge in [-0.1, -0.05) is 31.9 Å². The monoisotopic (exact) mass is 329 g/mol. The van der Waals surface area contributed by atoms with Crippen LogP contribution in [0.4, 0.5) is 0 Å². The summed E-state index contributed by atoms with van der Waals surface area (Å²) in [5.74, 6) is 0.417. The maximum Gasteiger partial charge on any atom is 0.273 e. The Morgan fingerprint density at radius 2 is 1.92 bits per heavy atom. The van der Waals surface area contributed by atoms with Crippen LogP contribution in [0.2, 0.25) is 0 Å². The number of nitrogens with one attached hydrogen (secondary N) is 2.